The molecular formula is C19H20N8O2S. The van der Waals surface area contributed by atoms with Gasteiger partial charge in [0.15, 0.2) is 11.5 Å². The van der Waals surface area contributed by atoms with Crippen LogP contribution >= 0.6 is 11.8 Å². The van der Waals surface area contributed by atoms with Crippen molar-refractivity contribution in [3.05, 3.63) is 59.9 Å². The van der Waals surface area contributed by atoms with Crippen LogP contribution in [-0.2, 0) is 0 Å². The second kappa shape index (κ2) is 9.67. The zero-order valence-electron chi connectivity index (χ0n) is 16.3. The molecule has 11 heteroatoms. The normalized spacial score (nSPS) is 10.2. The fourth-order valence-electron chi connectivity index (χ4n) is 2.66. The van der Waals surface area contributed by atoms with Crippen LogP contribution in [0.4, 0.5) is 23.0 Å². The van der Waals surface area contributed by atoms with Gasteiger partial charge in [-0.05, 0) is 30.5 Å². The Kier molecular flexibility index (Phi) is 6.78. The highest BCUT2D eigenvalue weighted by Crippen LogP contribution is 2.33. The second-order valence-electron chi connectivity index (χ2n) is 5.90. The molecule has 0 unspecified atom stereocenters. The Morgan fingerprint density at radius 1 is 0.967 bits per heavy atom. The lowest BCUT2D eigenvalue weighted by molar-refractivity contribution is 0.0945. The Bertz CT molecular complexity index is 1060. The number of nitrogens with two attached hydrogens (primary N) is 1. The van der Waals surface area contributed by atoms with E-state index in [4.69, 9.17) is 5.84 Å². The summed E-state index contributed by atoms with van der Waals surface area (Å²) in [6.07, 6.45) is 3.49. The maximum Gasteiger partial charge on any atom is 0.273 e. The molecule has 2 amide bonds. The van der Waals surface area contributed by atoms with Gasteiger partial charge in [-0.25, -0.2) is 10.8 Å². The van der Waals surface area contributed by atoms with Gasteiger partial charge in [-0.15, -0.1) is 22.0 Å². The summed E-state index contributed by atoms with van der Waals surface area (Å²) in [7, 11) is 1.51. The van der Waals surface area contributed by atoms with Gasteiger partial charge in [0.05, 0.1) is 16.9 Å². The molecule has 3 aromatic rings. The largest absolute Gasteiger partial charge is 0.354 e. The van der Waals surface area contributed by atoms with Crippen LogP contribution in [0.3, 0.4) is 0 Å². The molecule has 0 spiro atoms. The number of nitrogens with one attached hydrogen (secondary N) is 4. The van der Waals surface area contributed by atoms with Gasteiger partial charge in [0, 0.05) is 24.2 Å². The van der Waals surface area contributed by atoms with Crippen molar-refractivity contribution in [3.63, 3.8) is 0 Å². The summed E-state index contributed by atoms with van der Waals surface area (Å²) in [5.74, 6) is 5.44. The van der Waals surface area contributed by atoms with Gasteiger partial charge in [0.1, 0.15) is 5.82 Å². The topological polar surface area (TPSA) is 147 Å². The van der Waals surface area contributed by atoms with E-state index < -0.39 is 11.8 Å². The highest BCUT2D eigenvalue weighted by Gasteiger charge is 2.18. The molecule has 0 saturated carbocycles. The molecule has 0 aliphatic carbocycles. The summed E-state index contributed by atoms with van der Waals surface area (Å²) in [5, 5.41) is 16.9. The van der Waals surface area contributed by atoms with Gasteiger partial charge in [0.2, 0.25) is 0 Å². The van der Waals surface area contributed by atoms with Gasteiger partial charge >= 0.3 is 0 Å². The first kappa shape index (κ1) is 21.0. The molecule has 2 aromatic heterocycles. The van der Waals surface area contributed by atoms with Gasteiger partial charge < -0.3 is 16.0 Å². The number of aromatic nitrogens is 3. The molecule has 6 N–H and O–H groups in total. The SMILES string of the molecule is CNC(=O)c1nnc(Nc2ccccn2)cc1Nc1cccc(C(=O)NN)c1SC. The van der Waals surface area contributed by atoms with Crippen molar-refractivity contribution in [1.29, 1.82) is 0 Å². The smallest absolute Gasteiger partial charge is 0.273 e. The van der Waals surface area contributed by atoms with Crippen LogP contribution in [0, 0.1) is 0 Å². The molecule has 1 aromatic carbocycles. The average molecular weight is 424 g/mol. The van der Waals surface area contributed by atoms with Crippen LogP contribution in [0.2, 0.25) is 0 Å². The first-order chi connectivity index (χ1) is 14.6. The molecule has 0 radical (unpaired) electrons. The van der Waals surface area contributed by atoms with Crippen molar-refractivity contribution >= 4 is 46.6 Å². The van der Waals surface area contributed by atoms with Crippen molar-refractivity contribution in [2.75, 3.05) is 23.9 Å². The number of pyridine rings is 1. The minimum atomic E-state index is -0.417. The molecule has 10 nitrogen and oxygen atoms in total. The minimum Gasteiger partial charge on any atom is -0.354 e. The number of thioether (sulfide) groups is 1. The highest BCUT2D eigenvalue weighted by molar-refractivity contribution is 7.98. The number of carbonyl (C=O) groups excluding carboxylic acids is 2. The third-order valence-corrected chi connectivity index (χ3v) is 4.87. The lowest BCUT2D eigenvalue weighted by atomic mass is 10.1. The van der Waals surface area contributed by atoms with Gasteiger partial charge in [-0.1, -0.05) is 12.1 Å². The Morgan fingerprint density at radius 2 is 1.80 bits per heavy atom. The number of nitrogens with zero attached hydrogens (tertiary/aromatic N) is 3. The number of rotatable bonds is 7. The monoisotopic (exact) mass is 424 g/mol. The molecule has 0 bridgehead atoms. The number of nitrogen functional groups attached to an aromatic ring is 1. The standard InChI is InChI=1S/C19H20N8O2S/c1-21-19(29)16-13(10-15(26-27-16)24-14-8-3-4-9-22-14)23-12-7-5-6-11(17(12)30-2)18(28)25-20/h3-10H,20H2,1-2H3,(H,21,29)(H,25,28)(H2,22,23,24,26). The van der Waals surface area contributed by atoms with Crippen LogP contribution in [0.25, 0.3) is 0 Å². The first-order valence-corrected chi connectivity index (χ1v) is 10.0. The first-order valence-electron chi connectivity index (χ1n) is 8.80. The van der Waals surface area contributed by atoms with Crippen LogP contribution in [0.1, 0.15) is 20.8 Å². The number of hydrogen-bond donors (Lipinski definition) is 5. The number of amides is 2. The summed E-state index contributed by atoms with van der Waals surface area (Å²) in [5.41, 5.74) is 3.67. The average Bonchev–Trinajstić information content (AvgIpc) is 2.78. The van der Waals surface area contributed by atoms with E-state index in [0.717, 1.165) is 0 Å². The summed E-state index contributed by atoms with van der Waals surface area (Å²) in [4.78, 5) is 29.3. The van der Waals surface area contributed by atoms with Gasteiger partial charge in [0.25, 0.3) is 11.8 Å². The number of benzene rings is 1. The Hall–Kier alpha value is -3.70. The van der Waals surface area contributed by atoms with Crippen LogP contribution < -0.4 is 27.2 Å². The molecule has 0 atom stereocenters. The summed E-state index contributed by atoms with van der Waals surface area (Å²) in [6.45, 7) is 0. The maximum absolute atomic E-state index is 12.3. The van der Waals surface area contributed by atoms with Crippen LogP contribution in [0.5, 0.6) is 0 Å². The van der Waals surface area contributed by atoms with E-state index in [1.807, 2.05) is 12.3 Å². The third kappa shape index (κ3) is 4.64. The molecule has 0 fully saturated rings. The predicted molar refractivity (Wildman–Crippen MR) is 116 cm³/mol. The Balaban J connectivity index is 2.02. The molecule has 3 rings (SSSR count). The van der Waals surface area contributed by atoms with E-state index in [2.05, 4.69) is 36.6 Å². The van der Waals surface area contributed by atoms with E-state index in [9.17, 15) is 9.59 Å². The van der Waals surface area contributed by atoms with Crippen LogP contribution in [-0.4, -0.2) is 40.3 Å². The summed E-state index contributed by atoms with van der Waals surface area (Å²) in [6, 6.07) is 12.2. The molecular weight excluding hydrogens is 404 g/mol. The minimum absolute atomic E-state index is 0.102. The number of hydrazine groups is 1. The lowest BCUT2D eigenvalue weighted by Gasteiger charge is -2.16. The zero-order valence-corrected chi connectivity index (χ0v) is 17.1. The molecule has 0 aliphatic rings. The van der Waals surface area contributed by atoms with E-state index in [1.165, 1.54) is 18.8 Å². The molecule has 0 aliphatic heterocycles. The third-order valence-electron chi connectivity index (χ3n) is 4.02. The quantitative estimate of drug-likeness (QED) is 0.166. The van der Waals surface area contributed by atoms with Crippen molar-refractivity contribution in [2.45, 2.75) is 4.90 Å². The van der Waals surface area contributed by atoms with Gasteiger partial charge in [-0.2, -0.15) is 0 Å². The number of carbonyl (C=O) groups is 2. The van der Waals surface area contributed by atoms with Crippen molar-refractivity contribution < 1.29 is 9.59 Å². The van der Waals surface area contributed by atoms with Crippen molar-refractivity contribution in [3.8, 4) is 0 Å². The number of hydrogen-bond acceptors (Lipinski definition) is 9. The van der Waals surface area contributed by atoms with Gasteiger partial charge in [-0.3, -0.25) is 15.0 Å². The van der Waals surface area contributed by atoms with E-state index >= 15 is 0 Å². The van der Waals surface area contributed by atoms with Crippen molar-refractivity contribution in [2.24, 2.45) is 5.84 Å². The summed E-state index contributed by atoms with van der Waals surface area (Å²) >= 11 is 1.37. The fraction of sp³-hybridized carbons (Fsp3) is 0.105. The maximum atomic E-state index is 12.3. The lowest BCUT2D eigenvalue weighted by Crippen LogP contribution is -2.30. The van der Waals surface area contributed by atoms with E-state index in [0.29, 0.717) is 33.5 Å². The Labute approximate surface area is 177 Å². The molecule has 30 heavy (non-hydrogen) atoms. The number of anilines is 4. The molecule has 0 saturated heterocycles. The van der Waals surface area contributed by atoms with Crippen molar-refractivity contribution in [1.82, 2.24) is 25.9 Å². The molecule has 154 valence electrons. The Morgan fingerprint density at radius 3 is 2.47 bits per heavy atom. The molecule has 2 heterocycles. The van der Waals surface area contributed by atoms with E-state index in [-0.39, 0.29) is 5.69 Å². The van der Waals surface area contributed by atoms with Crippen LogP contribution in [0.15, 0.2) is 53.6 Å². The summed E-state index contributed by atoms with van der Waals surface area (Å²) < 4.78 is 0. The highest BCUT2D eigenvalue weighted by atomic mass is 32.2. The predicted octanol–water partition coefficient (Wildman–Crippen LogP) is 2.04. The zero-order chi connectivity index (χ0) is 21.5. The van der Waals surface area contributed by atoms with E-state index in [1.54, 1.807) is 42.6 Å². The second-order valence-corrected chi connectivity index (χ2v) is 6.71. The fourth-order valence-corrected chi connectivity index (χ4v) is 3.38.